The van der Waals surface area contributed by atoms with E-state index in [0.717, 1.165) is 20.9 Å². The molecular formula is C17H22N2O2S. The molecule has 1 N–H and O–H groups in total. The van der Waals surface area contributed by atoms with E-state index in [1.807, 2.05) is 19.1 Å². The van der Waals surface area contributed by atoms with Crippen molar-refractivity contribution in [1.29, 1.82) is 0 Å². The number of anilines is 1. The molecule has 2 aromatic rings. The van der Waals surface area contributed by atoms with E-state index >= 15 is 0 Å². The summed E-state index contributed by atoms with van der Waals surface area (Å²) in [6, 6.07) is 6.57. The summed E-state index contributed by atoms with van der Waals surface area (Å²) >= 11 is 1.67. The van der Waals surface area contributed by atoms with Gasteiger partial charge in [-0.2, -0.15) is 0 Å². The molecule has 0 spiro atoms. The van der Waals surface area contributed by atoms with Gasteiger partial charge in [0.1, 0.15) is 0 Å². The largest absolute Gasteiger partial charge is 0.466 e. The van der Waals surface area contributed by atoms with E-state index in [2.05, 4.69) is 16.4 Å². The zero-order chi connectivity index (χ0) is 15.4. The maximum absolute atomic E-state index is 11.6. The Bertz CT molecular complexity index is 647. The molecule has 1 aromatic heterocycles. The Morgan fingerprint density at radius 3 is 2.95 bits per heavy atom. The molecule has 1 saturated carbocycles. The number of aromatic nitrogens is 1. The SMILES string of the molecule is CCOC(=O)Cc1ccc2nc(NC3CCCCC3)sc2c1. The second kappa shape index (κ2) is 7.09. The number of hydrogen-bond acceptors (Lipinski definition) is 5. The van der Waals surface area contributed by atoms with Crippen LogP contribution in [0.5, 0.6) is 0 Å². The van der Waals surface area contributed by atoms with E-state index in [9.17, 15) is 4.79 Å². The third-order valence-corrected chi connectivity index (χ3v) is 4.99. The van der Waals surface area contributed by atoms with Crippen molar-refractivity contribution in [2.45, 2.75) is 51.5 Å². The fraction of sp³-hybridized carbons (Fsp3) is 0.529. The van der Waals surface area contributed by atoms with Crippen LogP contribution >= 0.6 is 11.3 Å². The molecule has 0 bridgehead atoms. The van der Waals surface area contributed by atoms with E-state index in [-0.39, 0.29) is 5.97 Å². The van der Waals surface area contributed by atoms with Crippen molar-refractivity contribution in [2.24, 2.45) is 0 Å². The van der Waals surface area contributed by atoms with Gasteiger partial charge in [0.25, 0.3) is 0 Å². The number of rotatable bonds is 5. The predicted molar refractivity (Wildman–Crippen MR) is 90.5 cm³/mol. The van der Waals surface area contributed by atoms with Crippen molar-refractivity contribution < 1.29 is 9.53 Å². The molecule has 22 heavy (non-hydrogen) atoms. The van der Waals surface area contributed by atoms with Gasteiger partial charge in [-0.15, -0.1) is 0 Å². The Hall–Kier alpha value is -1.62. The number of hydrogen-bond donors (Lipinski definition) is 1. The molecule has 5 heteroatoms. The van der Waals surface area contributed by atoms with Gasteiger partial charge >= 0.3 is 5.97 Å². The first-order valence-electron chi connectivity index (χ1n) is 8.06. The maximum atomic E-state index is 11.6. The standard InChI is InChI=1S/C17H22N2O2S/c1-2-21-16(20)11-12-8-9-14-15(10-12)22-17(19-14)18-13-6-4-3-5-7-13/h8-10,13H,2-7,11H2,1H3,(H,18,19). The zero-order valence-electron chi connectivity index (χ0n) is 12.9. The van der Waals surface area contributed by atoms with Crippen LogP contribution in [-0.2, 0) is 16.0 Å². The number of nitrogens with zero attached hydrogens (tertiary/aromatic N) is 1. The van der Waals surface area contributed by atoms with E-state index in [4.69, 9.17) is 4.74 Å². The predicted octanol–water partition coefficient (Wildman–Crippen LogP) is 4.15. The van der Waals surface area contributed by atoms with E-state index < -0.39 is 0 Å². The smallest absolute Gasteiger partial charge is 0.310 e. The van der Waals surface area contributed by atoms with Gasteiger partial charge in [0.15, 0.2) is 5.13 Å². The third-order valence-electron chi connectivity index (χ3n) is 4.04. The van der Waals surface area contributed by atoms with E-state index in [1.165, 1.54) is 32.1 Å². The number of ether oxygens (including phenoxy) is 1. The van der Waals surface area contributed by atoms with Gasteiger partial charge in [0.2, 0.25) is 0 Å². The van der Waals surface area contributed by atoms with Crippen LogP contribution in [0.1, 0.15) is 44.6 Å². The molecular weight excluding hydrogens is 296 g/mol. The third kappa shape index (κ3) is 3.77. The summed E-state index contributed by atoms with van der Waals surface area (Å²) in [7, 11) is 0. The molecule has 0 unspecified atom stereocenters. The van der Waals surface area contributed by atoms with Crippen LogP contribution in [0.2, 0.25) is 0 Å². The van der Waals surface area contributed by atoms with Gasteiger partial charge in [-0.1, -0.05) is 36.7 Å². The summed E-state index contributed by atoms with van der Waals surface area (Å²) < 4.78 is 6.13. The Morgan fingerprint density at radius 2 is 2.18 bits per heavy atom. The van der Waals surface area contributed by atoms with Crippen molar-refractivity contribution >= 4 is 32.7 Å². The van der Waals surface area contributed by atoms with Crippen LogP contribution < -0.4 is 5.32 Å². The molecule has 4 nitrogen and oxygen atoms in total. The van der Waals surface area contributed by atoms with Crippen molar-refractivity contribution in [3.8, 4) is 0 Å². The number of esters is 1. The highest BCUT2D eigenvalue weighted by Crippen LogP contribution is 2.29. The molecule has 1 aromatic carbocycles. The number of fused-ring (bicyclic) bond motifs is 1. The minimum Gasteiger partial charge on any atom is -0.466 e. The van der Waals surface area contributed by atoms with Crippen LogP contribution in [0.4, 0.5) is 5.13 Å². The Kier molecular flexibility index (Phi) is 4.93. The highest BCUT2D eigenvalue weighted by molar-refractivity contribution is 7.22. The zero-order valence-corrected chi connectivity index (χ0v) is 13.7. The van der Waals surface area contributed by atoms with Gasteiger partial charge in [-0.25, -0.2) is 4.98 Å². The summed E-state index contributed by atoms with van der Waals surface area (Å²) in [6.07, 6.45) is 6.79. The number of thiazole rings is 1. The number of benzene rings is 1. The average molecular weight is 318 g/mol. The Labute approximate surface area is 134 Å². The molecule has 0 aliphatic heterocycles. The minimum atomic E-state index is -0.174. The normalized spacial score (nSPS) is 15.9. The molecule has 1 aliphatic carbocycles. The van der Waals surface area contributed by atoms with Crippen molar-refractivity contribution in [2.75, 3.05) is 11.9 Å². The maximum Gasteiger partial charge on any atom is 0.310 e. The Morgan fingerprint density at radius 1 is 1.36 bits per heavy atom. The van der Waals surface area contributed by atoms with Crippen molar-refractivity contribution in [1.82, 2.24) is 4.98 Å². The van der Waals surface area contributed by atoms with Gasteiger partial charge in [-0.3, -0.25) is 4.79 Å². The fourth-order valence-electron chi connectivity index (χ4n) is 2.94. The molecule has 1 heterocycles. The summed E-state index contributed by atoms with van der Waals surface area (Å²) in [4.78, 5) is 16.2. The van der Waals surface area contributed by atoms with Crippen molar-refractivity contribution in [3.05, 3.63) is 23.8 Å². The summed E-state index contributed by atoms with van der Waals surface area (Å²) in [5.41, 5.74) is 1.98. The van der Waals surface area contributed by atoms with Crippen LogP contribution in [-0.4, -0.2) is 23.6 Å². The van der Waals surface area contributed by atoms with E-state index in [1.54, 1.807) is 11.3 Å². The summed E-state index contributed by atoms with van der Waals surface area (Å²) in [5.74, 6) is -0.174. The summed E-state index contributed by atoms with van der Waals surface area (Å²) in [6.45, 7) is 2.25. The van der Waals surface area contributed by atoms with Crippen LogP contribution in [0.3, 0.4) is 0 Å². The second-order valence-corrected chi connectivity index (χ2v) is 6.81. The molecule has 1 fully saturated rings. The Balaban J connectivity index is 1.70. The number of carbonyl (C=O) groups is 1. The number of nitrogens with one attached hydrogen (secondary N) is 1. The molecule has 0 radical (unpaired) electrons. The van der Waals surface area contributed by atoms with Gasteiger partial charge in [0, 0.05) is 6.04 Å². The number of carbonyl (C=O) groups excluding carboxylic acids is 1. The molecule has 1 aliphatic rings. The van der Waals surface area contributed by atoms with Gasteiger partial charge in [-0.05, 0) is 37.5 Å². The highest BCUT2D eigenvalue weighted by Gasteiger charge is 2.15. The summed E-state index contributed by atoms with van der Waals surface area (Å²) in [5, 5.41) is 4.56. The van der Waals surface area contributed by atoms with E-state index in [0.29, 0.717) is 19.1 Å². The molecule has 118 valence electrons. The molecule has 0 atom stereocenters. The lowest BCUT2D eigenvalue weighted by Crippen LogP contribution is -2.21. The van der Waals surface area contributed by atoms with Crippen LogP contribution in [0.25, 0.3) is 10.2 Å². The lowest BCUT2D eigenvalue weighted by atomic mass is 9.96. The second-order valence-electron chi connectivity index (χ2n) is 5.78. The van der Waals surface area contributed by atoms with Gasteiger partial charge < -0.3 is 10.1 Å². The first-order chi connectivity index (χ1) is 10.7. The molecule has 3 rings (SSSR count). The minimum absolute atomic E-state index is 0.174. The van der Waals surface area contributed by atoms with Crippen LogP contribution in [0, 0.1) is 0 Å². The molecule has 0 saturated heterocycles. The van der Waals surface area contributed by atoms with Crippen molar-refractivity contribution in [3.63, 3.8) is 0 Å². The first kappa shape index (κ1) is 15.3. The quantitative estimate of drug-likeness (QED) is 0.842. The highest BCUT2D eigenvalue weighted by atomic mass is 32.1. The lowest BCUT2D eigenvalue weighted by molar-refractivity contribution is -0.142. The topological polar surface area (TPSA) is 51.2 Å². The monoisotopic (exact) mass is 318 g/mol. The molecule has 0 amide bonds. The van der Waals surface area contributed by atoms with Crippen LogP contribution in [0.15, 0.2) is 18.2 Å². The van der Waals surface area contributed by atoms with Gasteiger partial charge in [0.05, 0.1) is 23.2 Å². The average Bonchev–Trinajstić information content (AvgIpc) is 2.90. The lowest BCUT2D eigenvalue weighted by Gasteiger charge is -2.22. The fourth-order valence-corrected chi connectivity index (χ4v) is 3.95. The first-order valence-corrected chi connectivity index (χ1v) is 8.88.